The lowest BCUT2D eigenvalue weighted by Crippen LogP contribution is -2.37. The molecule has 0 heterocycles. The van der Waals surface area contributed by atoms with Gasteiger partial charge in [0.25, 0.3) is 5.91 Å². The largest absolute Gasteiger partial charge is 0.480 e. The van der Waals surface area contributed by atoms with E-state index in [-0.39, 0.29) is 24.2 Å². The SMILES string of the molecule is N#CCSc1ccccc1C(=O)N(CC(=O)O)C1CC1. The molecule has 1 aromatic carbocycles. The van der Waals surface area contributed by atoms with Gasteiger partial charge in [0.15, 0.2) is 0 Å². The second-order valence-corrected chi connectivity index (χ2v) is 5.52. The van der Waals surface area contributed by atoms with Crippen LogP contribution in [0.25, 0.3) is 0 Å². The van der Waals surface area contributed by atoms with Gasteiger partial charge in [-0.3, -0.25) is 9.59 Å². The van der Waals surface area contributed by atoms with E-state index in [9.17, 15) is 9.59 Å². The Morgan fingerprint density at radius 3 is 2.70 bits per heavy atom. The molecule has 2 rings (SSSR count). The van der Waals surface area contributed by atoms with Gasteiger partial charge in [-0.25, -0.2) is 0 Å². The van der Waals surface area contributed by atoms with E-state index in [4.69, 9.17) is 10.4 Å². The molecule has 0 aliphatic heterocycles. The molecule has 5 nitrogen and oxygen atoms in total. The highest BCUT2D eigenvalue weighted by Gasteiger charge is 2.34. The highest BCUT2D eigenvalue weighted by atomic mass is 32.2. The van der Waals surface area contributed by atoms with E-state index in [0.717, 1.165) is 17.7 Å². The third kappa shape index (κ3) is 3.52. The van der Waals surface area contributed by atoms with Gasteiger partial charge < -0.3 is 10.0 Å². The molecule has 0 bridgehead atoms. The van der Waals surface area contributed by atoms with Crippen LogP contribution in [0.15, 0.2) is 29.2 Å². The molecule has 20 heavy (non-hydrogen) atoms. The molecule has 1 aromatic rings. The van der Waals surface area contributed by atoms with Crippen LogP contribution in [-0.4, -0.2) is 40.2 Å². The molecular formula is C14H14N2O3S. The van der Waals surface area contributed by atoms with Crippen molar-refractivity contribution in [3.05, 3.63) is 29.8 Å². The maximum absolute atomic E-state index is 12.5. The fourth-order valence-electron chi connectivity index (χ4n) is 1.93. The highest BCUT2D eigenvalue weighted by molar-refractivity contribution is 7.99. The smallest absolute Gasteiger partial charge is 0.323 e. The first-order chi connectivity index (χ1) is 9.63. The van der Waals surface area contributed by atoms with Crippen LogP contribution in [0.4, 0.5) is 0 Å². The van der Waals surface area contributed by atoms with E-state index in [1.54, 1.807) is 24.3 Å². The number of nitriles is 1. The van der Waals surface area contributed by atoms with Gasteiger partial charge in [-0.05, 0) is 25.0 Å². The third-order valence-corrected chi connectivity index (χ3v) is 3.90. The predicted octanol–water partition coefficient (Wildman–Crippen LogP) is 1.99. The van der Waals surface area contributed by atoms with Gasteiger partial charge in [0.2, 0.25) is 0 Å². The molecule has 1 amide bonds. The summed E-state index contributed by atoms with van der Waals surface area (Å²) in [5.41, 5.74) is 0.473. The molecule has 1 N–H and O–H groups in total. The van der Waals surface area contributed by atoms with Crippen LogP contribution in [0.1, 0.15) is 23.2 Å². The Labute approximate surface area is 121 Å². The normalized spacial score (nSPS) is 13.6. The van der Waals surface area contributed by atoms with E-state index in [2.05, 4.69) is 0 Å². The Morgan fingerprint density at radius 2 is 2.10 bits per heavy atom. The molecule has 1 saturated carbocycles. The zero-order valence-electron chi connectivity index (χ0n) is 10.8. The van der Waals surface area contributed by atoms with E-state index in [1.165, 1.54) is 16.7 Å². The number of carboxylic acids is 1. The Morgan fingerprint density at radius 1 is 1.40 bits per heavy atom. The molecule has 0 unspecified atom stereocenters. The number of thioether (sulfide) groups is 1. The minimum Gasteiger partial charge on any atom is -0.480 e. The number of benzene rings is 1. The van der Waals surface area contributed by atoms with Crippen LogP contribution >= 0.6 is 11.8 Å². The minimum absolute atomic E-state index is 0.0348. The molecule has 1 aliphatic rings. The van der Waals surface area contributed by atoms with Crippen LogP contribution < -0.4 is 0 Å². The molecule has 0 saturated heterocycles. The summed E-state index contributed by atoms with van der Waals surface area (Å²) in [7, 11) is 0. The summed E-state index contributed by atoms with van der Waals surface area (Å²) in [5, 5.41) is 17.6. The van der Waals surface area contributed by atoms with Crippen molar-refractivity contribution in [1.29, 1.82) is 5.26 Å². The Bertz CT molecular complexity index is 564. The molecule has 1 fully saturated rings. The number of aliphatic carboxylic acids is 1. The van der Waals surface area contributed by atoms with Crippen molar-refractivity contribution in [3.8, 4) is 6.07 Å². The van der Waals surface area contributed by atoms with E-state index < -0.39 is 5.97 Å². The summed E-state index contributed by atoms with van der Waals surface area (Å²) in [5.74, 6) is -1.02. The topological polar surface area (TPSA) is 81.4 Å². The quantitative estimate of drug-likeness (QED) is 0.810. The standard InChI is InChI=1S/C14H14N2O3S/c15-7-8-20-12-4-2-1-3-11(12)14(19)16(9-13(17)18)10-5-6-10/h1-4,10H,5-6,8-9H2,(H,17,18). The van der Waals surface area contributed by atoms with Crippen molar-refractivity contribution in [2.24, 2.45) is 0 Å². The molecule has 6 heteroatoms. The summed E-state index contributed by atoms with van der Waals surface area (Å²) in [6.07, 6.45) is 1.71. The Kier molecular flexibility index (Phi) is 4.64. The van der Waals surface area contributed by atoms with E-state index in [1.807, 2.05) is 6.07 Å². The minimum atomic E-state index is -1.01. The average Bonchev–Trinajstić information content (AvgIpc) is 3.26. The fourth-order valence-corrected chi connectivity index (χ4v) is 2.64. The molecule has 0 atom stereocenters. The Hall–Kier alpha value is -2.00. The molecule has 1 aliphatic carbocycles. The van der Waals surface area contributed by atoms with Crippen LogP contribution in [-0.2, 0) is 4.79 Å². The highest BCUT2D eigenvalue weighted by Crippen LogP contribution is 2.30. The zero-order valence-corrected chi connectivity index (χ0v) is 11.6. The van der Waals surface area contributed by atoms with E-state index in [0.29, 0.717) is 5.56 Å². The molecule has 0 spiro atoms. The maximum Gasteiger partial charge on any atom is 0.323 e. The molecule has 0 radical (unpaired) electrons. The van der Waals surface area contributed by atoms with Gasteiger partial charge in [-0.15, -0.1) is 11.8 Å². The number of carbonyl (C=O) groups is 2. The predicted molar refractivity (Wildman–Crippen MR) is 74.5 cm³/mol. The second-order valence-electron chi connectivity index (χ2n) is 4.50. The number of carbonyl (C=O) groups excluding carboxylic acids is 1. The van der Waals surface area contributed by atoms with Crippen LogP contribution in [0.5, 0.6) is 0 Å². The van der Waals surface area contributed by atoms with Gasteiger partial charge in [-0.1, -0.05) is 12.1 Å². The first-order valence-electron chi connectivity index (χ1n) is 6.25. The van der Waals surface area contributed by atoms with Crippen LogP contribution in [0, 0.1) is 11.3 Å². The zero-order chi connectivity index (χ0) is 14.5. The van der Waals surface area contributed by atoms with Gasteiger partial charge >= 0.3 is 5.97 Å². The second kappa shape index (κ2) is 6.44. The summed E-state index contributed by atoms with van der Waals surface area (Å²) >= 11 is 1.29. The lowest BCUT2D eigenvalue weighted by atomic mass is 10.2. The van der Waals surface area contributed by atoms with Gasteiger partial charge in [-0.2, -0.15) is 5.26 Å². The maximum atomic E-state index is 12.5. The molecule has 0 aromatic heterocycles. The summed E-state index contributed by atoms with van der Waals surface area (Å²) in [6.45, 7) is -0.277. The number of carboxylic acid groups (broad SMARTS) is 1. The van der Waals surface area contributed by atoms with Gasteiger partial charge in [0, 0.05) is 10.9 Å². The van der Waals surface area contributed by atoms with Crippen molar-refractivity contribution in [3.63, 3.8) is 0 Å². The van der Waals surface area contributed by atoms with Crippen molar-refractivity contribution >= 4 is 23.6 Å². The number of hydrogen-bond acceptors (Lipinski definition) is 4. The summed E-state index contributed by atoms with van der Waals surface area (Å²) in [4.78, 5) is 25.5. The van der Waals surface area contributed by atoms with Crippen LogP contribution in [0.2, 0.25) is 0 Å². The van der Waals surface area contributed by atoms with Gasteiger partial charge in [0.05, 0.1) is 17.4 Å². The average molecular weight is 290 g/mol. The number of hydrogen-bond donors (Lipinski definition) is 1. The fraction of sp³-hybridized carbons (Fsp3) is 0.357. The number of nitrogens with zero attached hydrogens (tertiary/aromatic N) is 2. The lowest BCUT2D eigenvalue weighted by molar-refractivity contribution is -0.137. The monoisotopic (exact) mass is 290 g/mol. The summed E-state index contributed by atoms with van der Waals surface area (Å²) < 4.78 is 0. The van der Waals surface area contributed by atoms with Crippen molar-refractivity contribution in [1.82, 2.24) is 4.90 Å². The lowest BCUT2D eigenvalue weighted by Gasteiger charge is -2.21. The van der Waals surface area contributed by atoms with Crippen LogP contribution in [0.3, 0.4) is 0 Å². The first-order valence-corrected chi connectivity index (χ1v) is 7.23. The van der Waals surface area contributed by atoms with Crippen molar-refractivity contribution < 1.29 is 14.7 Å². The molecule has 104 valence electrons. The van der Waals surface area contributed by atoms with Crippen molar-refractivity contribution in [2.45, 2.75) is 23.8 Å². The number of rotatable bonds is 6. The number of amides is 1. The van der Waals surface area contributed by atoms with Crippen molar-refractivity contribution in [2.75, 3.05) is 12.3 Å². The van der Waals surface area contributed by atoms with E-state index >= 15 is 0 Å². The Balaban J connectivity index is 2.22. The first kappa shape index (κ1) is 14.4. The van der Waals surface area contributed by atoms with Gasteiger partial charge in [0.1, 0.15) is 6.54 Å². The third-order valence-electron chi connectivity index (χ3n) is 2.96. The summed E-state index contributed by atoms with van der Waals surface area (Å²) in [6, 6.07) is 9.06. The molecular weight excluding hydrogens is 276 g/mol.